The third kappa shape index (κ3) is 2.73. The highest BCUT2D eigenvalue weighted by atomic mass is 16.7. The number of H-pyrrole nitrogens is 1. The Morgan fingerprint density at radius 2 is 1.89 bits per heavy atom. The van der Waals surface area contributed by atoms with Crippen LogP contribution in [0.4, 0.5) is 0 Å². The molecule has 5 atom stereocenters. The predicted molar refractivity (Wildman–Crippen MR) is 83.0 cm³/mol. The second kappa shape index (κ2) is 6.16. The molecule has 2 aromatic heterocycles. The zero-order chi connectivity index (χ0) is 19.3. The summed E-state index contributed by atoms with van der Waals surface area (Å²) in [6, 6.07) is 0. The number of carbonyl (C=O) groups is 3. The van der Waals surface area contributed by atoms with Crippen LogP contribution < -0.4 is 5.56 Å². The summed E-state index contributed by atoms with van der Waals surface area (Å²) in [6.07, 6.45) is -2.93. The Kier molecular flexibility index (Phi) is 3.91. The Bertz CT molecular complexity index is 997. The molecule has 0 amide bonds. The van der Waals surface area contributed by atoms with Gasteiger partial charge in [0, 0.05) is 13.8 Å². The number of imidazole rings is 1. The van der Waals surface area contributed by atoms with Gasteiger partial charge in [-0.3, -0.25) is 19.0 Å². The predicted octanol–water partition coefficient (Wildman–Crippen LogP) is -1.19. The number of aromatic nitrogens is 4. The first-order valence-corrected chi connectivity index (χ1v) is 7.97. The van der Waals surface area contributed by atoms with Gasteiger partial charge in [0.1, 0.15) is 12.4 Å². The third-order valence-corrected chi connectivity index (χ3v) is 4.25. The van der Waals surface area contributed by atoms with E-state index in [0.29, 0.717) is 0 Å². The first-order chi connectivity index (χ1) is 12.9. The molecule has 12 nitrogen and oxygen atoms in total. The van der Waals surface area contributed by atoms with E-state index in [1.54, 1.807) is 0 Å². The Balaban J connectivity index is 1.76. The molecule has 142 valence electrons. The van der Waals surface area contributed by atoms with Crippen LogP contribution in [-0.2, 0) is 33.3 Å². The van der Waals surface area contributed by atoms with Crippen LogP contribution in [0.2, 0.25) is 0 Å². The molecule has 0 unspecified atom stereocenters. The third-order valence-electron chi connectivity index (χ3n) is 4.25. The first kappa shape index (κ1) is 17.1. The van der Waals surface area contributed by atoms with Crippen LogP contribution in [0.5, 0.6) is 0 Å². The van der Waals surface area contributed by atoms with Gasteiger partial charge in [-0.1, -0.05) is 0 Å². The van der Waals surface area contributed by atoms with Crippen molar-refractivity contribution in [3.63, 3.8) is 0 Å². The fourth-order valence-electron chi connectivity index (χ4n) is 3.29. The molecule has 0 bridgehead atoms. The van der Waals surface area contributed by atoms with E-state index in [1.165, 1.54) is 24.1 Å². The van der Waals surface area contributed by atoms with Crippen molar-refractivity contribution in [1.29, 1.82) is 0 Å². The summed E-state index contributed by atoms with van der Waals surface area (Å²) in [5.41, 5.74) is -0.224. The number of nitrogens with zero attached hydrogens (tertiary/aromatic N) is 3. The molecule has 12 heteroatoms. The van der Waals surface area contributed by atoms with Gasteiger partial charge in [-0.25, -0.2) is 14.8 Å². The minimum Gasteiger partial charge on any atom is -0.454 e. The largest absolute Gasteiger partial charge is 0.454 e. The lowest BCUT2D eigenvalue weighted by Gasteiger charge is -2.22. The van der Waals surface area contributed by atoms with Crippen molar-refractivity contribution in [2.45, 2.75) is 44.5 Å². The van der Waals surface area contributed by atoms with Crippen LogP contribution in [0.25, 0.3) is 11.2 Å². The summed E-state index contributed by atoms with van der Waals surface area (Å²) in [5, 5.41) is 0. The molecule has 0 aromatic carbocycles. The Labute approximate surface area is 150 Å². The highest BCUT2D eigenvalue weighted by molar-refractivity contribution is 5.82. The summed E-state index contributed by atoms with van der Waals surface area (Å²) in [6.45, 7) is 2.33. The average molecular weight is 378 g/mol. The number of hydrogen-bond donors (Lipinski definition) is 1. The van der Waals surface area contributed by atoms with Gasteiger partial charge in [0.15, 0.2) is 29.6 Å². The minimum absolute atomic E-state index is 0.0926. The molecule has 1 N–H and O–H groups in total. The fraction of sp³-hybridized carbons (Fsp3) is 0.467. The van der Waals surface area contributed by atoms with E-state index in [4.69, 9.17) is 18.9 Å². The number of carbonyl (C=O) groups excluding carboxylic acids is 3. The van der Waals surface area contributed by atoms with Crippen LogP contribution in [-0.4, -0.2) is 61.8 Å². The molecule has 0 radical (unpaired) electrons. The van der Waals surface area contributed by atoms with Crippen molar-refractivity contribution in [2.75, 3.05) is 0 Å². The van der Waals surface area contributed by atoms with Gasteiger partial charge in [0.25, 0.3) is 5.56 Å². The molecule has 0 saturated carbocycles. The van der Waals surface area contributed by atoms with E-state index in [1.807, 2.05) is 0 Å². The van der Waals surface area contributed by atoms with Crippen LogP contribution in [0, 0.1) is 0 Å². The van der Waals surface area contributed by atoms with E-state index in [0.717, 1.165) is 6.92 Å². The lowest BCUT2D eigenvalue weighted by atomic mass is 10.1. The van der Waals surface area contributed by atoms with Gasteiger partial charge in [-0.15, -0.1) is 0 Å². The van der Waals surface area contributed by atoms with E-state index in [9.17, 15) is 19.2 Å². The van der Waals surface area contributed by atoms with Gasteiger partial charge in [-0.05, 0) is 0 Å². The lowest BCUT2D eigenvalue weighted by molar-refractivity contribution is -0.174. The zero-order valence-corrected chi connectivity index (χ0v) is 14.1. The van der Waals surface area contributed by atoms with Gasteiger partial charge in [-0.2, -0.15) is 0 Å². The number of esters is 3. The summed E-state index contributed by atoms with van der Waals surface area (Å²) >= 11 is 0. The average Bonchev–Trinajstić information content (AvgIpc) is 3.23. The van der Waals surface area contributed by atoms with Crippen molar-refractivity contribution < 1.29 is 33.3 Å². The first-order valence-electron chi connectivity index (χ1n) is 7.97. The Morgan fingerprint density at radius 3 is 2.59 bits per heavy atom. The quantitative estimate of drug-likeness (QED) is 0.509. The second-order valence-corrected chi connectivity index (χ2v) is 6.05. The molecule has 2 saturated heterocycles. The molecule has 0 aliphatic carbocycles. The molecule has 27 heavy (non-hydrogen) atoms. The number of ether oxygens (including phenoxy) is 4. The maximum atomic E-state index is 12.2. The van der Waals surface area contributed by atoms with Crippen LogP contribution in [0.15, 0.2) is 17.4 Å². The topological polar surface area (TPSA) is 152 Å². The standard InChI is InChI=1S/C15H14N4O8/c1-5(20)24-10-8-9(11(15(23)27-8)25-6(2)21)26-14(10)19-4-18-12-7(19)13(22)17-3-16-12/h3-4,8-11,14H,1-2H3,(H,16,17,22)/t8-,9+,10-,11+,14+/m1/s1. The van der Waals surface area contributed by atoms with Crippen LogP contribution in [0.3, 0.4) is 0 Å². The molecule has 0 spiro atoms. The molecular formula is C15H14N4O8. The molecule has 2 fully saturated rings. The molecular weight excluding hydrogens is 364 g/mol. The molecule has 2 aliphatic rings. The second-order valence-electron chi connectivity index (χ2n) is 6.05. The van der Waals surface area contributed by atoms with Crippen LogP contribution in [0.1, 0.15) is 20.1 Å². The minimum atomic E-state index is -1.30. The molecule has 2 aliphatic heterocycles. The van der Waals surface area contributed by atoms with Gasteiger partial charge in [0.2, 0.25) is 6.10 Å². The molecule has 2 aromatic rings. The van der Waals surface area contributed by atoms with Crippen molar-refractivity contribution in [3.8, 4) is 0 Å². The smallest absolute Gasteiger partial charge is 0.350 e. The lowest BCUT2D eigenvalue weighted by Crippen LogP contribution is -2.36. The maximum Gasteiger partial charge on any atom is 0.350 e. The van der Waals surface area contributed by atoms with E-state index in [-0.39, 0.29) is 11.2 Å². The number of fused-ring (bicyclic) bond motifs is 2. The number of nitrogens with one attached hydrogen (secondary N) is 1. The van der Waals surface area contributed by atoms with Gasteiger partial charge in [0.05, 0.1) is 6.33 Å². The fourth-order valence-corrected chi connectivity index (χ4v) is 3.29. The van der Waals surface area contributed by atoms with Gasteiger partial charge < -0.3 is 23.9 Å². The SMILES string of the molecule is CC(=O)O[C@@H]1[C@@H]2OC(=O)[C@@H](OC(C)=O)[C@H]2O[C@@H]1n1cnc2nc[nH]c(=O)c21. The Morgan fingerprint density at radius 1 is 1.15 bits per heavy atom. The van der Waals surface area contributed by atoms with Crippen molar-refractivity contribution in [3.05, 3.63) is 23.0 Å². The van der Waals surface area contributed by atoms with Crippen molar-refractivity contribution >= 4 is 29.1 Å². The number of aromatic amines is 1. The summed E-state index contributed by atoms with van der Waals surface area (Å²) in [7, 11) is 0. The normalized spacial score (nSPS) is 29.4. The summed E-state index contributed by atoms with van der Waals surface area (Å²) in [4.78, 5) is 57.5. The number of rotatable bonds is 3. The molecule has 4 rings (SSSR count). The van der Waals surface area contributed by atoms with E-state index < -0.39 is 54.1 Å². The van der Waals surface area contributed by atoms with Gasteiger partial charge >= 0.3 is 17.9 Å². The monoisotopic (exact) mass is 378 g/mol. The summed E-state index contributed by atoms with van der Waals surface area (Å²) in [5.74, 6) is -2.13. The highest BCUT2D eigenvalue weighted by Gasteiger charge is 2.61. The van der Waals surface area contributed by atoms with E-state index >= 15 is 0 Å². The van der Waals surface area contributed by atoms with Crippen molar-refractivity contribution in [1.82, 2.24) is 19.5 Å². The van der Waals surface area contributed by atoms with Crippen molar-refractivity contribution in [2.24, 2.45) is 0 Å². The van der Waals surface area contributed by atoms with Crippen LogP contribution >= 0.6 is 0 Å². The highest BCUT2D eigenvalue weighted by Crippen LogP contribution is 2.40. The maximum absolute atomic E-state index is 12.2. The molecule has 4 heterocycles. The Hall–Kier alpha value is -3.28. The van der Waals surface area contributed by atoms with E-state index in [2.05, 4.69) is 15.0 Å². The zero-order valence-electron chi connectivity index (χ0n) is 14.1. The summed E-state index contributed by atoms with van der Waals surface area (Å²) < 4.78 is 22.7. The number of hydrogen-bond acceptors (Lipinski definition) is 10.